The minimum absolute atomic E-state index is 0.150. The van der Waals surface area contributed by atoms with Crippen LogP contribution in [0.3, 0.4) is 0 Å². The number of aryl methyl sites for hydroxylation is 1. The van der Waals surface area contributed by atoms with Gasteiger partial charge in [-0.25, -0.2) is 4.79 Å². The minimum Gasteiger partial charge on any atom is -0.407 e. The van der Waals surface area contributed by atoms with E-state index in [9.17, 15) is 19.7 Å². The van der Waals surface area contributed by atoms with Gasteiger partial charge < -0.3 is 15.1 Å². The van der Waals surface area contributed by atoms with E-state index < -0.39 is 10.7 Å². The topological polar surface area (TPSA) is 119 Å². The van der Waals surface area contributed by atoms with Crippen LogP contribution in [-0.2, 0) is 11.3 Å². The Bertz CT molecular complexity index is 1310. The number of non-ortho nitro benzene ring substituents is 1. The molecule has 162 valence electrons. The summed E-state index contributed by atoms with van der Waals surface area (Å²) in [5, 5.41) is 17.0. The standard InChI is InChI=1S/C23H20N4O5/c28-22(25-18-10-8-17(9-11-18)24-16-5-2-1-3-6-16)7-4-14-26-20-13-12-19(27(30)31)15-21(20)32-23(26)29/h1-3,5-6,8-13,15,24H,4,7,14H2,(H,25,28). The van der Waals surface area contributed by atoms with Crippen LogP contribution in [0.4, 0.5) is 22.7 Å². The fourth-order valence-corrected chi connectivity index (χ4v) is 3.33. The van der Waals surface area contributed by atoms with Crippen molar-refractivity contribution < 1.29 is 14.1 Å². The van der Waals surface area contributed by atoms with Gasteiger partial charge in [0.2, 0.25) is 5.91 Å². The lowest BCUT2D eigenvalue weighted by Crippen LogP contribution is -2.17. The van der Waals surface area contributed by atoms with E-state index in [0.29, 0.717) is 17.6 Å². The summed E-state index contributed by atoms with van der Waals surface area (Å²) >= 11 is 0. The quantitative estimate of drug-likeness (QED) is 0.309. The normalized spacial score (nSPS) is 10.8. The number of nitro groups is 1. The molecular weight excluding hydrogens is 412 g/mol. The van der Waals surface area contributed by atoms with Crippen molar-refractivity contribution in [1.29, 1.82) is 0 Å². The van der Waals surface area contributed by atoms with Crippen molar-refractivity contribution in [2.24, 2.45) is 0 Å². The number of nitrogens with one attached hydrogen (secondary N) is 2. The molecule has 0 saturated carbocycles. The van der Waals surface area contributed by atoms with Gasteiger partial charge in [0.15, 0.2) is 5.58 Å². The third kappa shape index (κ3) is 4.84. The van der Waals surface area contributed by atoms with Crippen LogP contribution >= 0.6 is 0 Å². The van der Waals surface area contributed by atoms with Gasteiger partial charge in [0.1, 0.15) is 0 Å². The van der Waals surface area contributed by atoms with Crippen LogP contribution in [0.1, 0.15) is 12.8 Å². The first kappa shape index (κ1) is 20.9. The molecule has 2 N–H and O–H groups in total. The minimum atomic E-state index is -0.609. The molecule has 3 aromatic carbocycles. The number of benzene rings is 3. The average molecular weight is 432 g/mol. The van der Waals surface area contributed by atoms with E-state index in [1.54, 1.807) is 0 Å². The molecular formula is C23H20N4O5. The van der Waals surface area contributed by atoms with Gasteiger partial charge in [-0.15, -0.1) is 0 Å². The van der Waals surface area contributed by atoms with Crippen molar-refractivity contribution in [3.63, 3.8) is 0 Å². The number of rotatable bonds is 8. The second kappa shape index (κ2) is 9.17. The number of carbonyl (C=O) groups excluding carboxylic acids is 1. The van der Waals surface area contributed by atoms with Crippen molar-refractivity contribution in [2.45, 2.75) is 19.4 Å². The van der Waals surface area contributed by atoms with E-state index >= 15 is 0 Å². The van der Waals surface area contributed by atoms with Gasteiger partial charge in [-0.2, -0.15) is 0 Å². The van der Waals surface area contributed by atoms with Gasteiger partial charge in [0.25, 0.3) is 5.69 Å². The highest BCUT2D eigenvalue weighted by atomic mass is 16.6. The lowest BCUT2D eigenvalue weighted by Gasteiger charge is -2.09. The van der Waals surface area contributed by atoms with Crippen LogP contribution in [-0.4, -0.2) is 15.4 Å². The summed E-state index contributed by atoms with van der Waals surface area (Å²) in [6.45, 7) is 0.261. The Hall–Kier alpha value is -4.40. The summed E-state index contributed by atoms with van der Waals surface area (Å²) < 4.78 is 6.46. The first-order valence-electron chi connectivity index (χ1n) is 9.99. The van der Waals surface area contributed by atoms with Crippen LogP contribution in [0, 0.1) is 10.1 Å². The molecule has 4 aromatic rings. The predicted molar refractivity (Wildman–Crippen MR) is 121 cm³/mol. The van der Waals surface area contributed by atoms with Gasteiger partial charge >= 0.3 is 5.76 Å². The number of fused-ring (bicyclic) bond motifs is 1. The molecule has 0 unspecified atom stereocenters. The zero-order valence-electron chi connectivity index (χ0n) is 17.0. The molecule has 0 bridgehead atoms. The maximum Gasteiger partial charge on any atom is 0.419 e. The Labute approximate surface area is 182 Å². The summed E-state index contributed by atoms with van der Waals surface area (Å²) in [4.78, 5) is 34.7. The molecule has 4 rings (SSSR count). The maximum atomic E-state index is 12.3. The number of oxazole rings is 1. The van der Waals surface area contributed by atoms with Gasteiger partial charge in [-0.3, -0.25) is 19.5 Å². The van der Waals surface area contributed by atoms with E-state index in [4.69, 9.17) is 4.42 Å². The molecule has 0 aliphatic rings. The largest absolute Gasteiger partial charge is 0.419 e. The zero-order chi connectivity index (χ0) is 22.5. The Kier molecular flexibility index (Phi) is 5.98. The van der Waals surface area contributed by atoms with Crippen LogP contribution in [0.2, 0.25) is 0 Å². The van der Waals surface area contributed by atoms with E-state index in [1.807, 2.05) is 54.6 Å². The number of hydrogen-bond donors (Lipinski definition) is 2. The van der Waals surface area contributed by atoms with Crippen molar-refractivity contribution in [3.05, 3.63) is 93.5 Å². The predicted octanol–water partition coefficient (Wildman–Crippen LogP) is 4.67. The highest BCUT2D eigenvalue weighted by Gasteiger charge is 2.14. The van der Waals surface area contributed by atoms with Crippen molar-refractivity contribution in [2.75, 3.05) is 10.6 Å². The average Bonchev–Trinajstić information content (AvgIpc) is 3.10. The molecule has 0 aliphatic carbocycles. The Morgan fingerprint density at radius 1 is 0.969 bits per heavy atom. The van der Waals surface area contributed by atoms with Crippen molar-refractivity contribution in [1.82, 2.24) is 4.57 Å². The third-order valence-corrected chi connectivity index (χ3v) is 4.88. The smallest absolute Gasteiger partial charge is 0.407 e. The highest BCUT2D eigenvalue weighted by Crippen LogP contribution is 2.21. The molecule has 0 atom stereocenters. The second-order valence-corrected chi connectivity index (χ2v) is 7.15. The SMILES string of the molecule is O=C(CCCn1c(=O)oc2cc([N+](=O)[O-])ccc21)Nc1ccc(Nc2ccccc2)cc1. The Morgan fingerprint density at radius 2 is 1.66 bits per heavy atom. The number of carbonyl (C=O) groups is 1. The number of hydrogen-bond acceptors (Lipinski definition) is 6. The first-order chi connectivity index (χ1) is 15.5. The van der Waals surface area contributed by atoms with E-state index in [1.165, 1.54) is 22.8 Å². The molecule has 1 amide bonds. The number of anilines is 3. The molecule has 0 aliphatic heterocycles. The van der Waals surface area contributed by atoms with Crippen molar-refractivity contribution >= 4 is 39.8 Å². The van der Waals surface area contributed by atoms with E-state index in [0.717, 1.165) is 11.4 Å². The number of para-hydroxylation sites is 1. The zero-order valence-corrected chi connectivity index (χ0v) is 17.0. The van der Waals surface area contributed by atoms with Gasteiger partial charge in [-0.05, 0) is 48.9 Å². The number of aromatic nitrogens is 1. The lowest BCUT2D eigenvalue weighted by molar-refractivity contribution is -0.384. The fraction of sp³-hybridized carbons (Fsp3) is 0.130. The molecule has 1 heterocycles. The van der Waals surface area contributed by atoms with E-state index in [-0.39, 0.29) is 30.1 Å². The second-order valence-electron chi connectivity index (χ2n) is 7.15. The summed E-state index contributed by atoms with van der Waals surface area (Å²) in [6, 6.07) is 21.1. The van der Waals surface area contributed by atoms with Crippen LogP contribution < -0.4 is 16.4 Å². The summed E-state index contributed by atoms with van der Waals surface area (Å²) in [5.41, 5.74) is 3.01. The number of amides is 1. The first-order valence-corrected chi connectivity index (χ1v) is 9.99. The molecule has 0 spiro atoms. The molecule has 0 fully saturated rings. The third-order valence-electron chi connectivity index (χ3n) is 4.88. The summed E-state index contributed by atoms with van der Waals surface area (Å²) in [7, 11) is 0. The molecule has 1 aromatic heterocycles. The Morgan fingerprint density at radius 3 is 2.38 bits per heavy atom. The lowest BCUT2D eigenvalue weighted by atomic mass is 10.2. The van der Waals surface area contributed by atoms with E-state index in [2.05, 4.69) is 10.6 Å². The molecule has 0 saturated heterocycles. The maximum absolute atomic E-state index is 12.3. The number of nitrogens with zero attached hydrogens (tertiary/aromatic N) is 2. The highest BCUT2D eigenvalue weighted by molar-refractivity contribution is 5.90. The van der Waals surface area contributed by atoms with Crippen molar-refractivity contribution in [3.8, 4) is 0 Å². The van der Waals surface area contributed by atoms with Crippen LogP contribution in [0.5, 0.6) is 0 Å². The molecule has 32 heavy (non-hydrogen) atoms. The molecule has 9 heteroatoms. The Balaban J connectivity index is 1.31. The molecule has 0 radical (unpaired) electrons. The monoisotopic (exact) mass is 432 g/mol. The van der Waals surface area contributed by atoms with Gasteiger partial charge in [0.05, 0.1) is 16.5 Å². The fourth-order valence-electron chi connectivity index (χ4n) is 3.33. The van der Waals surface area contributed by atoms with Crippen LogP contribution in [0.25, 0.3) is 11.1 Å². The van der Waals surface area contributed by atoms with Gasteiger partial charge in [-0.1, -0.05) is 18.2 Å². The molecule has 9 nitrogen and oxygen atoms in total. The summed E-state index contributed by atoms with van der Waals surface area (Å²) in [6.07, 6.45) is 0.612. The van der Waals surface area contributed by atoms with Crippen LogP contribution in [0.15, 0.2) is 82.0 Å². The van der Waals surface area contributed by atoms with Gasteiger partial charge in [0, 0.05) is 36.1 Å². The summed E-state index contributed by atoms with van der Waals surface area (Å²) in [5.74, 6) is -0.785. The number of nitro benzene ring substituents is 1.